The van der Waals surface area contributed by atoms with Crippen LogP contribution in [-0.2, 0) is 6.42 Å². The number of hydrogen-bond donors (Lipinski definition) is 1. The van der Waals surface area contributed by atoms with E-state index in [0.29, 0.717) is 18.0 Å². The predicted molar refractivity (Wildman–Crippen MR) is 87.0 cm³/mol. The fraction of sp³-hybridized carbons (Fsp3) is 0.667. The average molecular weight is 292 g/mol. The maximum atomic E-state index is 13.0. The molecule has 1 N–H and O–H groups in total. The monoisotopic (exact) mass is 292 g/mol. The molecule has 0 aromatic heterocycles. The molecule has 0 bridgehead atoms. The van der Waals surface area contributed by atoms with Crippen molar-refractivity contribution >= 4 is 0 Å². The van der Waals surface area contributed by atoms with Gasteiger partial charge in [-0.2, -0.15) is 0 Å². The standard InChI is InChI=1S/C18H29FN2/c1-4-10-20-18-9-11-21(13-14(18)2)15(3)12-16-5-7-17(19)8-6-16/h5-8,14-15,18,20H,4,9-13H2,1-3H3. The normalized spacial score (nSPS) is 25.0. The van der Waals surface area contributed by atoms with E-state index in [1.165, 1.54) is 18.4 Å². The Bertz CT molecular complexity index is 418. The average Bonchev–Trinajstić information content (AvgIpc) is 2.48. The van der Waals surface area contributed by atoms with E-state index in [4.69, 9.17) is 0 Å². The molecule has 1 saturated heterocycles. The van der Waals surface area contributed by atoms with Crippen molar-refractivity contribution in [2.24, 2.45) is 5.92 Å². The van der Waals surface area contributed by atoms with Crippen molar-refractivity contribution < 1.29 is 4.39 Å². The van der Waals surface area contributed by atoms with E-state index >= 15 is 0 Å². The van der Waals surface area contributed by atoms with Gasteiger partial charge in [0, 0.05) is 18.6 Å². The summed E-state index contributed by atoms with van der Waals surface area (Å²) < 4.78 is 13.0. The number of nitrogens with one attached hydrogen (secondary N) is 1. The third kappa shape index (κ3) is 4.79. The molecule has 2 nitrogen and oxygen atoms in total. The molecule has 2 rings (SSSR count). The summed E-state index contributed by atoms with van der Waals surface area (Å²) >= 11 is 0. The second-order valence-corrected chi connectivity index (χ2v) is 6.50. The third-order valence-corrected chi connectivity index (χ3v) is 4.66. The number of rotatable bonds is 6. The van der Waals surface area contributed by atoms with Gasteiger partial charge in [0.1, 0.15) is 5.82 Å². The van der Waals surface area contributed by atoms with Crippen molar-refractivity contribution in [3.8, 4) is 0 Å². The van der Waals surface area contributed by atoms with Gasteiger partial charge in [0.05, 0.1) is 0 Å². The van der Waals surface area contributed by atoms with Crippen LogP contribution in [0.3, 0.4) is 0 Å². The Morgan fingerprint density at radius 3 is 2.67 bits per heavy atom. The number of halogens is 1. The molecule has 21 heavy (non-hydrogen) atoms. The number of hydrogen-bond acceptors (Lipinski definition) is 2. The summed E-state index contributed by atoms with van der Waals surface area (Å²) in [7, 11) is 0. The lowest BCUT2D eigenvalue weighted by molar-refractivity contribution is 0.111. The van der Waals surface area contributed by atoms with Crippen LogP contribution in [0.5, 0.6) is 0 Å². The SMILES string of the molecule is CCCNC1CCN(C(C)Cc2ccc(F)cc2)CC1C. The molecular formula is C18H29FN2. The van der Waals surface area contributed by atoms with Gasteiger partial charge in [-0.3, -0.25) is 4.90 Å². The first-order valence-corrected chi connectivity index (χ1v) is 8.32. The van der Waals surface area contributed by atoms with Crippen molar-refractivity contribution in [1.82, 2.24) is 10.2 Å². The molecule has 0 spiro atoms. The molecule has 1 aromatic rings. The molecule has 3 unspecified atom stereocenters. The minimum absolute atomic E-state index is 0.150. The zero-order chi connectivity index (χ0) is 15.2. The van der Waals surface area contributed by atoms with E-state index in [1.807, 2.05) is 12.1 Å². The largest absolute Gasteiger partial charge is 0.314 e. The molecule has 0 aliphatic carbocycles. The summed E-state index contributed by atoms with van der Waals surface area (Å²) in [5.41, 5.74) is 1.22. The molecule has 1 fully saturated rings. The van der Waals surface area contributed by atoms with Gasteiger partial charge in [0.15, 0.2) is 0 Å². The van der Waals surface area contributed by atoms with E-state index in [1.54, 1.807) is 12.1 Å². The van der Waals surface area contributed by atoms with E-state index in [0.717, 1.165) is 26.1 Å². The Morgan fingerprint density at radius 1 is 1.33 bits per heavy atom. The lowest BCUT2D eigenvalue weighted by atomic mass is 9.92. The summed E-state index contributed by atoms with van der Waals surface area (Å²) in [6.45, 7) is 10.3. The van der Waals surface area contributed by atoms with Gasteiger partial charge in [0.2, 0.25) is 0 Å². The number of nitrogens with zero attached hydrogens (tertiary/aromatic N) is 1. The Morgan fingerprint density at radius 2 is 2.05 bits per heavy atom. The van der Waals surface area contributed by atoms with Crippen LogP contribution in [0.4, 0.5) is 4.39 Å². The highest BCUT2D eigenvalue weighted by molar-refractivity contribution is 5.17. The zero-order valence-electron chi connectivity index (χ0n) is 13.6. The van der Waals surface area contributed by atoms with Gasteiger partial charge < -0.3 is 5.32 Å². The van der Waals surface area contributed by atoms with Crippen molar-refractivity contribution in [3.05, 3.63) is 35.6 Å². The van der Waals surface area contributed by atoms with E-state index < -0.39 is 0 Å². The summed E-state index contributed by atoms with van der Waals surface area (Å²) in [4.78, 5) is 2.58. The van der Waals surface area contributed by atoms with Gasteiger partial charge in [-0.1, -0.05) is 26.0 Å². The van der Waals surface area contributed by atoms with Crippen LogP contribution in [0.1, 0.15) is 39.2 Å². The second kappa shape index (κ2) is 7.90. The Labute approximate surface area is 128 Å². The quantitative estimate of drug-likeness (QED) is 0.863. The molecule has 1 heterocycles. The highest BCUT2D eigenvalue weighted by atomic mass is 19.1. The first-order chi connectivity index (χ1) is 10.1. The number of likely N-dealkylation sites (tertiary alicyclic amines) is 1. The second-order valence-electron chi connectivity index (χ2n) is 6.50. The zero-order valence-corrected chi connectivity index (χ0v) is 13.6. The highest BCUT2D eigenvalue weighted by Crippen LogP contribution is 2.20. The summed E-state index contributed by atoms with van der Waals surface area (Å²) in [5, 5.41) is 3.67. The molecule has 0 amide bonds. The summed E-state index contributed by atoms with van der Waals surface area (Å²) in [5.74, 6) is 0.545. The molecule has 1 aliphatic heterocycles. The Kier molecular flexibility index (Phi) is 6.19. The smallest absolute Gasteiger partial charge is 0.123 e. The molecule has 1 aromatic carbocycles. The Hall–Kier alpha value is -0.930. The van der Waals surface area contributed by atoms with Crippen LogP contribution in [0.15, 0.2) is 24.3 Å². The molecule has 3 heteroatoms. The van der Waals surface area contributed by atoms with Gasteiger partial charge in [-0.05, 0) is 62.9 Å². The van der Waals surface area contributed by atoms with Crippen LogP contribution in [0.25, 0.3) is 0 Å². The molecule has 3 atom stereocenters. The van der Waals surface area contributed by atoms with E-state index in [2.05, 4.69) is 31.0 Å². The minimum atomic E-state index is -0.150. The lowest BCUT2D eigenvalue weighted by Gasteiger charge is -2.40. The fourth-order valence-electron chi connectivity index (χ4n) is 3.30. The molecule has 1 aliphatic rings. The molecule has 118 valence electrons. The van der Waals surface area contributed by atoms with Crippen LogP contribution < -0.4 is 5.32 Å². The predicted octanol–water partition coefficient (Wildman–Crippen LogP) is 3.47. The van der Waals surface area contributed by atoms with Gasteiger partial charge in [-0.15, -0.1) is 0 Å². The van der Waals surface area contributed by atoms with E-state index in [9.17, 15) is 4.39 Å². The first-order valence-electron chi connectivity index (χ1n) is 8.32. The van der Waals surface area contributed by atoms with Crippen molar-refractivity contribution in [2.75, 3.05) is 19.6 Å². The van der Waals surface area contributed by atoms with Crippen molar-refractivity contribution in [2.45, 2.75) is 52.1 Å². The van der Waals surface area contributed by atoms with Gasteiger partial charge >= 0.3 is 0 Å². The van der Waals surface area contributed by atoms with Crippen LogP contribution in [-0.4, -0.2) is 36.6 Å². The van der Waals surface area contributed by atoms with E-state index in [-0.39, 0.29) is 5.82 Å². The third-order valence-electron chi connectivity index (χ3n) is 4.66. The molecule has 0 saturated carbocycles. The molecule has 0 radical (unpaired) electrons. The highest BCUT2D eigenvalue weighted by Gasteiger charge is 2.27. The lowest BCUT2D eigenvalue weighted by Crippen LogP contribution is -2.51. The first kappa shape index (κ1) is 16.4. The van der Waals surface area contributed by atoms with Crippen molar-refractivity contribution in [1.29, 1.82) is 0 Å². The van der Waals surface area contributed by atoms with Crippen molar-refractivity contribution in [3.63, 3.8) is 0 Å². The van der Waals surface area contributed by atoms with Gasteiger partial charge in [0.25, 0.3) is 0 Å². The molecular weight excluding hydrogens is 263 g/mol. The van der Waals surface area contributed by atoms with Crippen LogP contribution >= 0.6 is 0 Å². The van der Waals surface area contributed by atoms with Crippen LogP contribution in [0.2, 0.25) is 0 Å². The van der Waals surface area contributed by atoms with Crippen LogP contribution in [0, 0.1) is 11.7 Å². The minimum Gasteiger partial charge on any atom is -0.314 e. The van der Waals surface area contributed by atoms with Gasteiger partial charge in [-0.25, -0.2) is 4.39 Å². The Balaban J connectivity index is 1.84. The summed E-state index contributed by atoms with van der Waals surface area (Å²) in [6.07, 6.45) is 3.43. The number of piperidine rings is 1. The number of benzene rings is 1. The fourth-order valence-corrected chi connectivity index (χ4v) is 3.30. The summed E-state index contributed by atoms with van der Waals surface area (Å²) in [6, 6.07) is 8.12. The maximum absolute atomic E-state index is 13.0. The maximum Gasteiger partial charge on any atom is 0.123 e. The topological polar surface area (TPSA) is 15.3 Å².